The number of rotatable bonds is 11. The summed E-state index contributed by atoms with van der Waals surface area (Å²) in [5.41, 5.74) is 0. The van der Waals surface area contributed by atoms with Gasteiger partial charge in [-0.2, -0.15) is 0 Å². The third-order valence-electron chi connectivity index (χ3n) is 2.58. The molecule has 0 aromatic heterocycles. The number of sulfonamides is 1. The maximum atomic E-state index is 11.9. The Morgan fingerprint density at radius 2 is 1.57 bits per heavy atom. The second-order valence-corrected chi connectivity index (χ2v) is 6.12. The molecule has 0 fully saturated rings. The van der Waals surface area contributed by atoms with Gasteiger partial charge in [0.15, 0.2) is 0 Å². The van der Waals surface area contributed by atoms with Crippen molar-refractivity contribution in [3.05, 3.63) is 24.3 Å². The Kier molecular flexibility index (Phi) is 8.33. The Labute approximate surface area is 134 Å². The molecule has 1 aromatic rings. The quantitative estimate of drug-likeness (QED) is 0.413. The van der Waals surface area contributed by atoms with Gasteiger partial charge in [-0.05, 0) is 24.3 Å². The first-order chi connectivity index (χ1) is 10.9. The van der Waals surface area contributed by atoms with E-state index in [2.05, 4.69) is 10.0 Å². The first kappa shape index (κ1) is 19.2. The first-order valence-electron chi connectivity index (χ1n) is 6.83. The van der Waals surface area contributed by atoms with Crippen molar-refractivity contribution < 1.29 is 32.9 Å². The van der Waals surface area contributed by atoms with E-state index in [1.807, 2.05) is 0 Å². The van der Waals surface area contributed by atoms with E-state index in [1.165, 1.54) is 24.3 Å². The third kappa shape index (κ3) is 8.35. The van der Waals surface area contributed by atoms with Crippen LogP contribution in [-0.4, -0.2) is 64.2 Å². The Morgan fingerprint density at radius 3 is 2.13 bits per heavy atom. The van der Waals surface area contributed by atoms with Crippen LogP contribution in [0.15, 0.2) is 29.2 Å². The fraction of sp³-hybridized carbons (Fsp3) is 0.462. The summed E-state index contributed by atoms with van der Waals surface area (Å²) in [6.45, 7) is 1.27. The maximum Gasteiger partial charge on any atom is 0.404 e. The van der Waals surface area contributed by atoms with Gasteiger partial charge < -0.3 is 25.0 Å². The number of amides is 1. The zero-order valence-electron chi connectivity index (χ0n) is 12.4. The number of carbonyl (C=O) groups is 1. The molecule has 0 saturated carbocycles. The van der Waals surface area contributed by atoms with Crippen molar-refractivity contribution in [3.63, 3.8) is 0 Å². The van der Waals surface area contributed by atoms with Crippen LogP contribution in [-0.2, 0) is 19.5 Å². The molecule has 0 spiro atoms. The van der Waals surface area contributed by atoms with Crippen molar-refractivity contribution in [3.8, 4) is 5.75 Å². The van der Waals surface area contributed by atoms with Crippen LogP contribution in [0.2, 0.25) is 0 Å². The number of hydrogen-bond donors (Lipinski definition) is 4. The second kappa shape index (κ2) is 10.0. The van der Waals surface area contributed by atoms with Crippen LogP contribution in [0.25, 0.3) is 0 Å². The fourth-order valence-electron chi connectivity index (χ4n) is 1.51. The number of hydrogen-bond acceptors (Lipinski definition) is 6. The highest BCUT2D eigenvalue weighted by Gasteiger charge is 2.12. The molecular weight excluding hydrogens is 328 g/mol. The monoisotopic (exact) mass is 348 g/mol. The van der Waals surface area contributed by atoms with Gasteiger partial charge in [-0.1, -0.05) is 0 Å². The zero-order chi connectivity index (χ0) is 17.1. The summed E-state index contributed by atoms with van der Waals surface area (Å²) in [4.78, 5) is 10.2. The van der Waals surface area contributed by atoms with E-state index < -0.39 is 16.1 Å². The van der Waals surface area contributed by atoms with Gasteiger partial charge in [0.05, 0.1) is 31.3 Å². The normalized spacial score (nSPS) is 11.3. The number of aromatic hydroxyl groups is 1. The smallest absolute Gasteiger partial charge is 0.404 e. The molecule has 1 aromatic carbocycles. The molecular formula is C13H20N2O7S. The highest BCUT2D eigenvalue weighted by Crippen LogP contribution is 2.13. The molecule has 0 aliphatic heterocycles. The van der Waals surface area contributed by atoms with Gasteiger partial charge in [-0.15, -0.1) is 0 Å². The molecule has 0 heterocycles. The van der Waals surface area contributed by atoms with Crippen LogP contribution >= 0.6 is 0 Å². The van der Waals surface area contributed by atoms with Crippen molar-refractivity contribution in [1.29, 1.82) is 0 Å². The summed E-state index contributed by atoms with van der Waals surface area (Å²) >= 11 is 0. The first-order valence-corrected chi connectivity index (χ1v) is 8.31. The summed E-state index contributed by atoms with van der Waals surface area (Å²) in [5.74, 6) is -0.00848. The summed E-state index contributed by atoms with van der Waals surface area (Å²) < 4.78 is 36.4. The van der Waals surface area contributed by atoms with E-state index in [0.717, 1.165) is 0 Å². The van der Waals surface area contributed by atoms with E-state index >= 15 is 0 Å². The van der Waals surface area contributed by atoms with Gasteiger partial charge in [0.1, 0.15) is 5.75 Å². The molecule has 0 radical (unpaired) electrons. The number of phenolic OH excluding ortho intramolecular Hbond substituents is 1. The summed E-state index contributed by atoms with van der Waals surface area (Å²) in [7, 11) is -3.63. The molecule has 0 bridgehead atoms. The summed E-state index contributed by atoms with van der Waals surface area (Å²) in [6.07, 6.45) is -1.11. The molecule has 1 amide bonds. The molecule has 9 nitrogen and oxygen atoms in total. The topological polar surface area (TPSA) is 134 Å². The van der Waals surface area contributed by atoms with Crippen molar-refractivity contribution in [2.45, 2.75) is 4.90 Å². The average Bonchev–Trinajstić information content (AvgIpc) is 2.49. The number of phenols is 1. The minimum atomic E-state index is -3.63. The van der Waals surface area contributed by atoms with Crippen LogP contribution in [0.4, 0.5) is 4.79 Å². The standard InChI is InChI=1S/C13H20N2O7S/c16-11-1-3-12(4-2-11)23(19,20)15-6-8-22-10-9-21-7-5-14-13(17)18/h1-4,14-16H,5-10H2,(H,17,18). The lowest BCUT2D eigenvalue weighted by atomic mass is 10.3. The van der Waals surface area contributed by atoms with Gasteiger partial charge in [0, 0.05) is 13.1 Å². The Bertz CT molecular complexity index is 574. The van der Waals surface area contributed by atoms with E-state index in [0.29, 0.717) is 0 Å². The zero-order valence-corrected chi connectivity index (χ0v) is 13.2. The van der Waals surface area contributed by atoms with Crippen LogP contribution in [0, 0.1) is 0 Å². The minimum Gasteiger partial charge on any atom is -0.508 e. The van der Waals surface area contributed by atoms with Crippen molar-refractivity contribution in [2.75, 3.05) is 39.5 Å². The molecule has 0 atom stereocenters. The molecule has 130 valence electrons. The van der Waals surface area contributed by atoms with E-state index in [9.17, 15) is 13.2 Å². The SMILES string of the molecule is O=C(O)NCCOCCOCCNS(=O)(=O)c1ccc(O)cc1. The molecule has 10 heteroatoms. The van der Waals surface area contributed by atoms with Gasteiger partial charge >= 0.3 is 6.09 Å². The third-order valence-corrected chi connectivity index (χ3v) is 4.06. The van der Waals surface area contributed by atoms with Gasteiger partial charge in [-0.3, -0.25) is 0 Å². The predicted molar refractivity (Wildman–Crippen MR) is 81.0 cm³/mol. The molecule has 0 aliphatic rings. The number of ether oxygens (including phenoxy) is 2. The lowest BCUT2D eigenvalue weighted by Gasteiger charge is -2.08. The minimum absolute atomic E-state index is 0.00848. The van der Waals surface area contributed by atoms with Crippen LogP contribution < -0.4 is 10.0 Å². The number of nitrogens with one attached hydrogen (secondary N) is 2. The molecule has 23 heavy (non-hydrogen) atoms. The van der Waals surface area contributed by atoms with E-state index in [-0.39, 0.29) is 50.2 Å². The van der Waals surface area contributed by atoms with Crippen LogP contribution in [0.3, 0.4) is 0 Å². The summed E-state index contributed by atoms with van der Waals surface area (Å²) in [5, 5.41) is 19.6. The molecule has 0 unspecified atom stereocenters. The predicted octanol–water partition coefficient (Wildman–Crippen LogP) is -0.0287. The van der Waals surface area contributed by atoms with Crippen molar-refractivity contribution in [1.82, 2.24) is 10.0 Å². The lowest BCUT2D eigenvalue weighted by Crippen LogP contribution is -2.28. The second-order valence-electron chi connectivity index (χ2n) is 4.35. The van der Waals surface area contributed by atoms with E-state index in [1.54, 1.807) is 0 Å². The summed E-state index contributed by atoms with van der Waals surface area (Å²) in [6, 6.07) is 5.19. The van der Waals surface area contributed by atoms with Crippen molar-refractivity contribution >= 4 is 16.1 Å². The van der Waals surface area contributed by atoms with Gasteiger partial charge in [-0.25, -0.2) is 17.9 Å². The fourth-order valence-corrected chi connectivity index (χ4v) is 2.52. The highest BCUT2D eigenvalue weighted by molar-refractivity contribution is 7.89. The average molecular weight is 348 g/mol. The number of carboxylic acid groups (broad SMARTS) is 1. The van der Waals surface area contributed by atoms with E-state index in [4.69, 9.17) is 19.7 Å². The Morgan fingerprint density at radius 1 is 1.00 bits per heavy atom. The molecule has 0 aliphatic carbocycles. The van der Waals surface area contributed by atoms with Gasteiger partial charge in [0.2, 0.25) is 10.0 Å². The highest BCUT2D eigenvalue weighted by atomic mass is 32.2. The Balaban J connectivity index is 2.08. The number of benzene rings is 1. The lowest BCUT2D eigenvalue weighted by molar-refractivity contribution is 0.0511. The molecule has 4 N–H and O–H groups in total. The van der Waals surface area contributed by atoms with Crippen LogP contribution in [0.5, 0.6) is 5.75 Å². The molecule has 0 saturated heterocycles. The Hall–Kier alpha value is -1.88. The molecule has 1 rings (SSSR count). The van der Waals surface area contributed by atoms with Gasteiger partial charge in [0.25, 0.3) is 0 Å². The van der Waals surface area contributed by atoms with Crippen molar-refractivity contribution in [2.24, 2.45) is 0 Å². The maximum absolute atomic E-state index is 11.9. The van der Waals surface area contributed by atoms with Crippen LogP contribution in [0.1, 0.15) is 0 Å². The largest absolute Gasteiger partial charge is 0.508 e.